The first kappa shape index (κ1) is 16.2. The molecule has 1 aromatic heterocycles. The molecule has 4 nitrogen and oxygen atoms in total. The van der Waals surface area contributed by atoms with E-state index in [-0.39, 0.29) is 10.6 Å². The Bertz CT molecular complexity index is 977. The summed E-state index contributed by atoms with van der Waals surface area (Å²) in [6, 6.07) is 21.1. The number of nitro benzene ring substituents is 1. The average Bonchev–Trinajstić information content (AvgIpc) is 2.69. The van der Waals surface area contributed by atoms with Gasteiger partial charge in [0.15, 0.2) is 0 Å². The van der Waals surface area contributed by atoms with E-state index in [1.807, 2.05) is 18.2 Å². The van der Waals surface area contributed by atoms with Crippen molar-refractivity contribution in [2.75, 3.05) is 0 Å². The molecule has 3 aromatic rings. The summed E-state index contributed by atoms with van der Waals surface area (Å²) < 4.78 is 0. The van der Waals surface area contributed by atoms with E-state index in [2.05, 4.69) is 30.3 Å². The monoisotopic (exact) mass is 342 g/mol. The molecule has 2 aromatic carbocycles. The second kappa shape index (κ2) is 6.92. The first-order valence-corrected chi connectivity index (χ1v) is 8.71. The third-order valence-electron chi connectivity index (χ3n) is 4.69. The molecule has 0 unspecified atom stereocenters. The van der Waals surface area contributed by atoms with Crippen molar-refractivity contribution in [3.63, 3.8) is 0 Å². The molecule has 26 heavy (non-hydrogen) atoms. The van der Waals surface area contributed by atoms with Crippen molar-refractivity contribution in [1.82, 2.24) is 4.98 Å². The van der Waals surface area contributed by atoms with Crippen LogP contribution in [0.5, 0.6) is 0 Å². The SMILES string of the molecule is O=[N+]([O-])c1ccc(/C=C2\CCCc3ccc(-c4ccccc4)nc32)cc1. The van der Waals surface area contributed by atoms with Gasteiger partial charge in [-0.3, -0.25) is 10.1 Å². The Labute approximate surface area is 152 Å². The average molecular weight is 342 g/mol. The number of fused-ring (bicyclic) bond motifs is 1. The van der Waals surface area contributed by atoms with E-state index in [0.29, 0.717) is 0 Å². The molecule has 0 spiro atoms. The topological polar surface area (TPSA) is 56.0 Å². The Hall–Kier alpha value is -3.27. The standard InChI is InChI=1S/C22H18N2O2/c25-24(26)20-12-9-16(10-13-20)15-19-8-4-7-18-11-14-21(23-22(18)19)17-5-2-1-3-6-17/h1-3,5-6,9-15H,4,7-8H2/b19-15+. The van der Waals surface area contributed by atoms with Gasteiger partial charge in [0, 0.05) is 17.7 Å². The summed E-state index contributed by atoms with van der Waals surface area (Å²) in [7, 11) is 0. The second-order valence-corrected chi connectivity index (χ2v) is 6.44. The third kappa shape index (κ3) is 3.26. The van der Waals surface area contributed by atoms with Crippen molar-refractivity contribution in [1.29, 1.82) is 0 Å². The van der Waals surface area contributed by atoms with Gasteiger partial charge in [-0.15, -0.1) is 0 Å². The van der Waals surface area contributed by atoms with Crippen LogP contribution in [0, 0.1) is 10.1 Å². The number of hydrogen-bond donors (Lipinski definition) is 0. The van der Waals surface area contributed by atoms with E-state index in [4.69, 9.17) is 4.98 Å². The fraction of sp³-hybridized carbons (Fsp3) is 0.136. The molecule has 1 heterocycles. The van der Waals surface area contributed by atoms with E-state index in [1.165, 1.54) is 11.1 Å². The number of aryl methyl sites for hydroxylation is 1. The fourth-order valence-electron chi connectivity index (χ4n) is 3.36. The molecule has 1 aliphatic rings. The van der Waals surface area contributed by atoms with E-state index >= 15 is 0 Å². The number of nitro groups is 1. The van der Waals surface area contributed by atoms with Crippen LogP contribution >= 0.6 is 0 Å². The van der Waals surface area contributed by atoms with Gasteiger partial charge in [-0.2, -0.15) is 0 Å². The van der Waals surface area contributed by atoms with Crippen molar-refractivity contribution in [2.24, 2.45) is 0 Å². The van der Waals surface area contributed by atoms with Gasteiger partial charge in [0.1, 0.15) is 0 Å². The summed E-state index contributed by atoms with van der Waals surface area (Å²) in [6.45, 7) is 0. The number of hydrogen-bond acceptors (Lipinski definition) is 3. The van der Waals surface area contributed by atoms with Gasteiger partial charge >= 0.3 is 0 Å². The smallest absolute Gasteiger partial charge is 0.258 e. The first-order valence-electron chi connectivity index (χ1n) is 8.71. The predicted octanol–water partition coefficient (Wildman–Crippen LogP) is 5.53. The minimum atomic E-state index is -0.374. The zero-order valence-corrected chi connectivity index (χ0v) is 14.3. The first-order chi connectivity index (χ1) is 12.7. The van der Waals surface area contributed by atoms with E-state index < -0.39 is 0 Å². The predicted molar refractivity (Wildman–Crippen MR) is 104 cm³/mol. The Morgan fingerprint density at radius 2 is 1.69 bits per heavy atom. The van der Waals surface area contributed by atoms with Crippen LogP contribution in [0.25, 0.3) is 22.9 Å². The van der Waals surface area contributed by atoms with Crippen molar-refractivity contribution in [2.45, 2.75) is 19.3 Å². The lowest BCUT2D eigenvalue weighted by molar-refractivity contribution is -0.384. The van der Waals surface area contributed by atoms with Gasteiger partial charge in [-0.25, -0.2) is 4.98 Å². The maximum Gasteiger partial charge on any atom is 0.269 e. The lowest BCUT2D eigenvalue weighted by Crippen LogP contribution is -2.05. The molecule has 0 atom stereocenters. The van der Waals surface area contributed by atoms with Crippen LogP contribution in [0.3, 0.4) is 0 Å². The molecule has 0 amide bonds. The Morgan fingerprint density at radius 1 is 0.923 bits per heavy atom. The number of benzene rings is 2. The minimum absolute atomic E-state index is 0.112. The third-order valence-corrected chi connectivity index (χ3v) is 4.69. The van der Waals surface area contributed by atoms with Crippen LogP contribution in [0.2, 0.25) is 0 Å². The largest absolute Gasteiger partial charge is 0.269 e. The molecule has 0 fully saturated rings. The van der Waals surface area contributed by atoms with Gasteiger partial charge in [0.25, 0.3) is 5.69 Å². The van der Waals surface area contributed by atoms with Crippen LogP contribution in [0.15, 0.2) is 66.7 Å². The quantitative estimate of drug-likeness (QED) is 0.464. The number of allylic oxidation sites excluding steroid dienone is 1. The van der Waals surface area contributed by atoms with Crippen LogP contribution in [0.4, 0.5) is 5.69 Å². The molecule has 0 aliphatic heterocycles. The fourth-order valence-corrected chi connectivity index (χ4v) is 3.36. The highest BCUT2D eigenvalue weighted by molar-refractivity contribution is 5.83. The molecule has 0 bridgehead atoms. The summed E-state index contributed by atoms with van der Waals surface area (Å²) in [6.07, 6.45) is 5.20. The van der Waals surface area contributed by atoms with Gasteiger partial charge < -0.3 is 0 Å². The number of non-ortho nitro benzene ring substituents is 1. The maximum atomic E-state index is 10.8. The summed E-state index contributed by atoms with van der Waals surface area (Å²) >= 11 is 0. The maximum absolute atomic E-state index is 10.8. The normalized spacial score (nSPS) is 14.8. The number of rotatable bonds is 3. The van der Waals surface area contributed by atoms with E-state index in [9.17, 15) is 10.1 Å². The van der Waals surface area contributed by atoms with Crippen molar-refractivity contribution < 1.29 is 4.92 Å². The van der Waals surface area contributed by atoms with Crippen LogP contribution in [0.1, 0.15) is 29.7 Å². The lowest BCUT2D eigenvalue weighted by atomic mass is 9.89. The summed E-state index contributed by atoms with van der Waals surface area (Å²) in [4.78, 5) is 15.4. The molecule has 4 heteroatoms. The Kier molecular flexibility index (Phi) is 4.32. The van der Waals surface area contributed by atoms with Gasteiger partial charge in [0.2, 0.25) is 0 Å². The zero-order chi connectivity index (χ0) is 17.9. The van der Waals surface area contributed by atoms with Gasteiger partial charge in [-0.1, -0.05) is 36.4 Å². The summed E-state index contributed by atoms with van der Waals surface area (Å²) in [5, 5.41) is 10.8. The number of pyridine rings is 1. The van der Waals surface area contributed by atoms with Crippen LogP contribution in [-0.4, -0.2) is 9.91 Å². The summed E-state index contributed by atoms with van der Waals surface area (Å²) in [5.74, 6) is 0. The van der Waals surface area contributed by atoms with Crippen molar-refractivity contribution in [3.05, 3.63) is 93.7 Å². The molecule has 4 rings (SSSR count). The molecule has 0 N–H and O–H groups in total. The highest BCUT2D eigenvalue weighted by atomic mass is 16.6. The molecule has 0 radical (unpaired) electrons. The molecule has 0 saturated heterocycles. The van der Waals surface area contributed by atoms with E-state index in [0.717, 1.165) is 41.8 Å². The summed E-state index contributed by atoms with van der Waals surface area (Å²) in [5.41, 5.74) is 6.67. The minimum Gasteiger partial charge on any atom is -0.258 e. The van der Waals surface area contributed by atoms with Gasteiger partial charge in [-0.05, 0) is 60.2 Å². The van der Waals surface area contributed by atoms with Crippen LogP contribution < -0.4 is 0 Å². The van der Waals surface area contributed by atoms with Gasteiger partial charge in [0.05, 0.1) is 16.3 Å². The molecule has 128 valence electrons. The molecular formula is C22H18N2O2. The Morgan fingerprint density at radius 3 is 2.42 bits per heavy atom. The highest BCUT2D eigenvalue weighted by Gasteiger charge is 2.17. The molecule has 0 saturated carbocycles. The second-order valence-electron chi connectivity index (χ2n) is 6.44. The van der Waals surface area contributed by atoms with E-state index in [1.54, 1.807) is 24.3 Å². The lowest BCUT2D eigenvalue weighted by Gasteiger charge is -2.19. The number of aromatic nitrogens is 1. The highest BCUT2D eigenvalue weighted by Crippen LogP contribution is 2.33. The van der Waals surface area contributed by atoms with Crippen molar-refractivity contribution in [3.8, 4) is 11.3 Å². The molecular weight excluding hydrogens is 324 g/mol. The Balaban J connectivity index is 1.73. The van der Waals surface area contributed by atoms with Crippen molar-refractivity contribution >= 4 is 17.3 Å². The van der Waals surface area contributed by atoms with Crippen LogP contribution in [-0.2, 0) is 6.42 Å². The molecule has 1 aliphatic carbocycles. The number of nitrogens with zero attached hydrogens (tertiary/aromatic N) is 2. The zero-order valence-electron chi connectivity index (χ0n) is 14.3.